The number of hydrogen-bond acceptors (Lipinski definition) is 3. The number of nitrogens with zero attached hydrogens (tertiary/aromatic N) is 3. The van der Waals surface area contributed by atoms with Gasteiger partial charge in [0.2, 0.25) is 0 Å². The second kappa shape index (κ2) is 5.63. The number of para-hydroxylation sites is 2. The van der Waals surface area contributed by atoms with Crippen molar-refractivity contribution in [3.05, 3.63) is 71.9 Å². The maximum absolute atomic E-state index is 12.4. The molecule has 104 valence electrons. The summed E-state index contributed by atoms with van der Waals surface area (Å²) < 4.78 is 1.40. The molecule has 0 atom stereocenters. The standard InChI is InChI=1S/C17H15N3O/c1-13-16(12-18-14-8-4-2-5-9-14)17(21)20(19-13)15-10-6-3-7-11-15/h2-12,21H,1H3/p-1. The molecule has 0 aliphatic rings. The van der Waals surface area contributed by atoms with Gasteiger partial charge in [0.25, 0.3) is 0 Å². The summed E-state index contributed by atoms with van der Waals surface area (Å²) in [6, 6.07) is 18.9. The van der Waals surface area contributed by atoms with E-state index in [1.807, 2.05) is 67.6 Å². The van der Waals surface area contributed by atoms with Crippen LogP contribution in [0.15, 0.2) is 65.7 Å². The number of aryl methyl sites for hydroxylation is 1. The molecule has 0 bridgehead atoms. The molecule has 4 nitrogen and oxygen atoms in total. The van der Waals surface area contributed by atoms with Crippen LogP contribution < -0.4 is 5.11 Å². The van der Waals surface area contributed by atoms with Crippen molar-refractivity contribution in [1.29, 1.82) is 0 Å². The Morgan fingerprint density at radius 2 is 1.62 bits per heavy atom. The van der Waals surface area contributed by atoms with Crippen LogP contribution in [-0.4, -0.2) is 16.0 Å². The first-order chi connectivity index (χ1) is 10.3. The highest BCUT2D eigenvalue weighted by atomic mass is 16.3. The summed E-state index contributed by atoms with van der Waals surface area (Å²) in [7, 11) is 0. The van der Waals surface area contributed by atoms with E-state index in [1.54, 1.807) is 6.21 Å². The van der Waals surface area contributed by atoms with Gasteiger partial charge in [0.1, 0.15) is 0 Å². The summed E-state index contributed by atoms with van der Waals surface area (Å²) in [6.45, 7) is 1.81. The second-order valence-electron chi connectivity index (χ2n) is 4.65. The van der Waals surface area contributed by atoms with Crippen molar-refractivity contribution in [1.82, 2.24) is 9.78 Å². The Morgan fingerprint density at radius 1 is 1.00 bits per heavy atom. The highest BCUT2D eigenvalue weighted by molar-refractivity contribution is 5.86. The topological polar surface area (TPSA) is 53.2 Å². The number of benzene rings is 2. The van der Waals surface area contributed by atoms with Crippen LogP contribution >= 0.6 is 0 Å². The Labute approximate surface area is 123 Å². The fourth-order valence-electron chi connectivity index (χ4n) is 2.06. The molecule has 0 unspecified atom stereocenters. The molecule has 3 aromatic rings. The van der Waals surface area contributed by atoms with E-state index >= 15 is 0 Å². The maximum atomic E-state index is 12.4. The van der Waals surface area contributed by atoms with Crippen molar-refractivity contribution in [3.63, 3.8) is 0 Å². The van der Waals surface area contributed by atoms with Crippen molar-refractivity contribution >= 4 is 11.9 Å². The average molecular weight is 276 g/mol. The zero-order chi connectivity index (χ0) is 14.7. The predicted molar refractivity (Wildman–Crippen MR) is 81.4 cm³/mol. The molecule has 0 fully saturated rings. The molecular weight excluding hydrogens is 262 g/mol. The number of rotatable bonds is 3. The smallest absolute Gasteiger partial charge is 0.0679 e. The lowest BCUT2D eigenvalue weighted by Crippen LogP contribution is -2.04. The van der Waals surface area contributed by atoms with Gasteiger partial charge in [-0.2, -0.15) is 5.10 Å². The van der Waals surface area contributed by atoms with E-state index in [1.165, 1.54) is 4.68 Å². The average Bonchev–Trinajstić information content (AvgIpc) is 2.82. The number of aromatic nitrogens is 2. The molecule has 2 aromatic carbocycles. The van der Waals surface area contributed by atoms with Crippen LogP contribution in [0.1, 0.15) is 11.3 Å². The van der Waals surface area contributed by atoms with Crippen LogP contribution in [0.2, 0.25) is 0 Å². The molecular formula is C17H14N3O-. The molecule has 0 aliphatic carbocycles. The van der Waals surface area contributed by atoms with Gasteiger partial charge in [0, 0.05) is 17.7 Å². The second-order valence-corrected chi connectivity index (χ2v) is 4.65. The van der Waals surface area contributed by atoms with E-state index in [-0.39, 0.29) is 5.88 Å². The van der Waals surface area contributed by atoms with Crippen LogP contribution in [0, 0.1) is 6.92 Å². The Hall–Kier alpha value is -2.88. The lowest BCUT2D eigenvalue weighted by Gasteiger charge is -2.11. The third kappa shape index (κ3) is 2.69. The van der Waals surface area contributed by atoms with Gasteiger partial charge in [-0.15, -0.1) is 0 Å². The normalized spacial score (nSPS) is 11.1. The minimum absolute atomic E-state index is 0.154. The van der Waals surface area contributed by atoms with Crippen molar-refractivity contribution in [2.24, 2.45) is 4.99 Å². The quantitative estimate of drug-likeness (QED) is 0.690. The van der Waals surface area contributed by atoms with Gasteiger partial charge in [-0.3, -0.25) is 4.99 Å². The van der Waals surface area contributed by atoms with Gasteiger partial charge in [0.15, 0.2) is 0 Å². The lowest BCUT2D eigenvalue weighted by atomic mass is 10.2. The van der Waals surface area contributed by atoms with E-state index in [0.717, 1.165) is 11.4 Å². The summed E-state index contributed by atoms with van der Waals surface area (Å²) in [5.41, 5.74) is 2.75. The Morgan fingerprint density at radius 3 is 2.29 bits per heavy atom. The monoisotopic (exact) mass is 276 g/mol. The van der Waals surface area contributed by atoms with Gasteiger partial charge >= 0.3 is 0 Å². The van der Waals surface area contributed by atoms with Gasteiger partial charge < -0.3 is 5.11 Å². The van der Waals surface area contributed by atoms with E-state index in [0.29, 0.717) is 11.3 Å². The molecule has 0 radical (unpaired) electrons. The predicted octanol–water partition coefficient (Wildman–Crippen LogP) is 3.00. The van der Waals surface area contributed by atoms with Crippen molar-refractivity contribution in [2.45, 2.75) is 6.92 Å². The minimum Gasteiger partial charge on any atom is -0.858 e. The summed E-state index contributed by atoms with van der Waals surface area (Å²) in [5, 5.41) is 16.7. The minimum atomic E-state index is -0.154. The fourth-order valence-corrected chi connectivity index (χ4v) is 2.06. The van der Waals surface area contributed by atoms with Gasteiger partial charge in [-0.05, 0) is 31.2 Å². The first-order valence-corrected chi connectivity index (χ1v) is 6.67. The van der Waals surface area contributed by atoms with Crippen molar-refractivity contribution < 1.29 is 5.11 Å². The summed E-state index contributed by atoms with van der Waals surface area (Å²) in [6.07, 6.45) is 1.58. The third-order valence-corrected chi connectivity index (χ3v) is 3.16. The fraction of sp³-hybridized carbons (Fsp3) is 0.0588. The van der Waals surface area contributed by atoms with Crippen molar-refractivity contribution in [2.75, 3.05) is 0 Å². The van der Waals surface area contributed by atoms with E-state index in [2.05, 4.69) is 10.1 Å². The number of aliphatic imine (C=N–C) groups is 1. The zero-order valence-corrected chi connectivity index (χ0v) is 11.6. The van der Waals surface area contributed by atoms with Gasteiger partial charge in [-0.1, -0.05) is 36.4 Å². The van der Waals surface area contributed by atoms with Crippen LogP contribution in [0.25, 0.3) is 5.69 Å². The molecule has 0 spiro atoms. The van der Waals surface area contributed by atoms with Crippen LogP contribution in [-0.2, 0) is 0 Å². The van der Waals surface area contributed by atoms with E-state index in [9.17, 15) is 5.11 Å². The molecule has 1 heterocycles. The molecule has 1 aromatic heterocycles. The molecule has 4 heteroatoms. The molecule has 0 amide bonds. The van der Waals surface area contributed by atoms with Gasteiger partial charge in [0.05, 0.1) is 17.1 Å². The Kier molecular flexibility index (Phi) is 3.51. The summed E-state index contributed by atoms with van der Waals surface area (Å²) in [5.74, 6) is -0.154. The number of hydrogen-bond donors (Lipinski definition) is 0. The van der Waals surface area contributed by atoms with Crippen LogP contribution in [0.4, 0.5) is 5.69 Å². The van der Waals surface area contributed by atoms with E-state index < -0.39 is 0 Å². The van der Waals surface area contributed by atoms with Crippen LogP contribution in [0.5, 0.6) is 5.88 Å². The zero-order valence-electron chi connectivity index (χ0n) is 11.6. The first-order valence-electron chi connectivity index (χ1n) is 6.67. The molecule has 21 heavy (non-hydrogen) atoms. The van der Waals surface area contributed by atoms with Crippen molar-refractivity contribution in [3.8, 4) is 11.6 Å². The Balaban J connectivity index is 1.98. The summed E-state index contributed by atoms with van der Waals surface area (Å²) >= 11 is 0. The lowest BCUT2D eigenvalue weighted by molar-refractivity contribution is -0.277. The van der Waals surface area contributed by atoms with Gasteiger partial charge in [-0.25, -0.2) is 4.68 Å². The van der Waals surface area contributed by atoms with E-state index in [4.69, 9.17) is 0 Å². The highest BCUT2D eigenvalue weighted by Gasteiger charge is 2.07. The molecule has 0 N–H and O–H groups in total. The molecule has 0 saturated carbocycles. The largest absolute Gasteiger partial charge is 0.858 e. The molecule has 0 aliphatic heterocycles. The van der Waals surface area contributed by atoms with Crippen LogP contribution in [0.3, 0.4) is 0 Å². The third-order valence-electron chi connectivity index (χ3n) is 3.16. The highest BCUT2D eigenvalue weighted by Crippen LogP contribution is 2.21. The first kappa shape index (κ1) is 13.1. The SMILES string of the molecule is Cc1nn(-c2ccccc2)c([O-])c1C=Nc1ccccc1. The molecule has 3 rings (SSSR count). The molecule has 0 saturated heterocycles. The summed E-state index contributed by atoms with van der Waals surface area (Å²) in [4.78, 5) is 4.33. The Bertz CT molecular complexity index is 761. The maximum Gasteiger partial charge on any atom is 0.0679 e.